The number of hydrogen-bond donors (Lipinski definition) is 1. The standard InChI is InChI=1S/C21H25N5O2S/c1-5-15(3)16-7-9-17(10-8-16)22-20(27)13-29-21-23-24-25-26(21)18-12-14(2)6-11-19(18)28-4/h6-12,15H,5,13H2,1-4H3,(H,22,27)/t15-/m0/s1. The summed E-state index contributed by atoms with van der Waals surface area (Å²) >= 11 is 1.27. The van der Waals surface area contributed by atoms with Gasteiger partial charge in [0.1, 0.15) is 11.4 Å². The van der Waals surface area contributed by atoms with Gasteiger partial charge in [-0.05, 0) is 65.1 Å². The number of nitrogens with zero attached hydrogens (tertiary/aromatic N) is 4. The summed E-state index contributed by atoms with van der Waals surface area (Å²) in [5.74, 6) is 1.25. The molecular formula is C21H25N5O2S. The highest BCUT2D eigenvalue weighted by atomic mass is 32.2. The molecule has 1 amide bonds. The smallest absolute Gasteiger partial charge is 0.234 e. The van der Waals surface area contributed by atoms with E-state index in [4.69, 9.17) is 4.74 Å². The lowest BCUT2D eigenvalue weighted by Crippen LogP contribution is -2.14. The Morgan fingerprint density at radius 3 is 2.69 bits per heavy atom. The molecule has 1 heterocycles. The van der Waals surface area contributed by atoms with Gasteiger partial charge in [-0.2, -0.15) is 4.68 Å². The molecule has 8 heteroatoms. The first-order valence-corrected chi connectivity index (χ1v) is 10.5. The molecule has 29 heavy (non-hydrogen) atoms. The van der Waals surface area contributed by atoms with E-state index in [9.17, 15) is 4.79 Å². The average Bonchev–Trinajstić information content (AvgIpc) is 3.20. The summed E-state index contributed by atoms with van der Waals surface area (Å²) in [5.41, 5.74) is 3.85. The second kappa shape index (κ2) is 9.56. The minimum Gasteiger partial charge on any atom is -0.494 e. The number of hydrogen-bond acceptors (Lipinski definition) is 6. The number of nitrogens with one attached hydrogen (secondary N) is 1. The van der Waals surface area contributed by atoms with Gasteiger partial charge in [0.05, 0.1) is 12.9 Å². The van der Waals surface area contributed by atoms with Crippen LogP contribution in [0.15, 0.2) is 47.6 Å². The quantitative estimate of drug-likeness (QED) is 0.559. The van der Waals surface area contributed by atoms with Crippen molar-refractivity contribution in [1.82, 2.24) is 20.2 Å². The molecule has 0 fully saturated rings. The van der Waals surface area contributed by atoms with Gasteiger partial charge in [-0.3, -0.25) is 4.79 Å². The molecule has 1 N–H and O–H groups in total. The number of amides is 1. The zero-order valence-electron chi connectivity index (χ0n) is 17.0. The molecule has 1 atom stereocenters. The van der Waals surface area contributed by atoms with E-state index in [-0.39, 0.29) is 11.7 Å². The number of benzene rings is 2. The third-order valence-corrected chi connectivity index (χ3v) is 5.63. The molecule has 0 spiro atoms. The second-order valence-corrected chi connectivity index (χ2v) is 7.76. The van der Waals surface area contributed by atoms with Crippen LogP contribution in [0.25, 0.3) is 5.69 Å². The molecule has 0 aliphatic rings. The first-order chi connectivity index (χ1) is 14.0. The Hall–Kier alpha value is -2.87. The van der Waals surface area contributed by atoms with Gasteiger partial charge in [0.2, 0.25) is 11.1 Å². The van der Waals surface area contributed by atoms with Crippen LogP contribution < -0.4 is 10.1 Å². The number of aromatic nitrogens is 4. The van der Waals surface area contributed by atoms with Crippen molar-refractivity contribution in [2.24, 2.45) is 0 Å². The van der Waals surface area contributed by atoms with Gasteiger partial charge in [0.15, 0.2) is 0 Å². The van der Waals surface area contributed by atoms with Gasteiger partial charge in [0.25, 0.3) is 0 Å². The fourth-order valence-corrected chi connectivity index (χ4v) is 3.53. The summed E-state index contributed by atoms with van der Waals surface area (Å²) in [7, 11) is 1.60. The number of anilines is 1. The predicted molar refractivity (Wildman–Crippen MR) is 115 cm³/mol. The summed E-state index contributed by atoms with van der Waals surface area (Å²) in [6.45, 7) is 6.34. The van der Waals surface area contributed by atoms with E-state index < -0.39 is 0 Å². The van der Waals surface area contributed by atoms with Crippen molar-refractivity contribution < 1.29 is 9.53 Å². The van der Waals surface area contributed by atoms with Gasteiger partial charge in [-0.1, -0.05) is 43.8 Å². The van der Waals surface area contributed by atoms with Crippen LogP contribution in [0, 0.1) is 6.92 Å². The van der Waals surface area contributed by atoms with Crippen molar-refractivity contribution in [2.45, 2.75) is 38.3 Å². The number of tetrazole rings is 1. The molecule has 7 nitrogen and oxygen atoms in total. The minimum atomic E-state index is -0.114. The van der Waals surface area contributed by atoms with Crippen LogP contribution in [-0.4, -0.2) is 39.0 Å². The molecule has 3 rings (SSSR count). The van der Waals surface area contributed by atoms with Crippen LogP contribution in [0.2, 0.25) is 0 Å². The van der Waals surface area contributed by atoms with Crippen molar-refractivity contribution in [1.29, 1.82) is 0 Å². The summed E-state index contributed by atoms with van der Waals surface area (Å²) in [4.78, 5) is 12.4. The van der Waals surface area contributed by atoms with Gasteiger partial charge in [-0.25, -0.2) is 0 Å². The summed E-state index contributed by atoms with van der Waals surface area (Å²) in [5, 5.41) is 15.3. The zero-order chi connectivity index (χ0) is 20.8. The van der Waals surface area contributed by atoms with E-state index in [2.05, 4.69) is 46.8 Å². The Labute approximate surface area is 174 Å². The molecule has 0 aliphatic heterocycles. The van der Waals surface area contributed by atoms with Gasteiger partial charge in [0, 0.05) is 5.69 Å². The van der Waals surface area contributed by atoms with Gasteiger partial charge in [-0.15, -0.1) is 5.10 Å². The maximum absolute atomic E-state index is 12.4. The predicted octanol–water partition coefficient (Wildman–Crippen LogP) is 4.22. The number of carbonyl (C=O) groups excluding carboxylic acids is 1. The van der Waals surface area contributed by atoms with E-state index in [1.165, 1.54) is 17.3 Å². The minimum absolute atomic E-state index is 0.114. The Bertz CT molecular complexity index is 971. The lowest BCUT2D eigenvalue weighted by Gasteiger charge is -2.11. The molecular weight excluding hydrogens is 386 g/mol. The number of rotatable bonds is 8. The highest BCUT2D eigenvalue weighted by Gasteiger charge is 2.15. The van der Waals surface area contributed by atoms with E-state index >= 15 is 0 Å². The van der Waals surface area contributed by atoms with Gasteiger partial charge < -0.3 is 10.1 Å². The van der Waals surface area contributed by atoms with Crippen molar-refractivity contribution in [3.63, 3.8) is 0 Å². The van der Waals surface area contributed by atoms with Crippen molar-refractivity contribution in [3.8, 4) is 11.4 Å². The van der Waals surface area contributed by atoms with Crippen LogP contribution >= 0.6 is 11.8 Å². The Morgan fingerprint density at radius 2 is 2.00 bits per heavy atom. The third-order valence-electron chi connectivity index (χ3n) is 4.71. The Morgan fingerprint density at radius 1 is 1.24 bits per heavy atom. The first kappa shape index (κ1) is 20.9. The highest BCUT2D eigenvalue weighted by molar-refractivity contribution is 7.99. The maximum atomic E-state index is 12.4. The van der Waals surface area contributed by atoms with Crippen molar-refractivity contribution in [3.05, 3.63) is 53.6 Å². The molecule has 0 saturated heterocycles. The molecule has 0 radical (unpaired) electrons. The van der Waals surface area contributed by atoms with Gasteiger partial charge >= 0.3 is 0 Å². The number of carbonyl (C=O) groups is 1. The molecule has 0 bridgehead atoms. The fourth-order valence-electron chi connectivity index (χ4n) is 2.84. The third kappa shape index (κ3) is 5.14. The summed E-state index contributed by atoms with van der Waals surface area (Å²) < 4.78 is 7.00. The van der Waals surface area contributed by atoms with E-state index in [0.717, 1.165) is 23.4 Å². The molecule has 3 aromatic rings. The lowest BCUT2D eigenvalue weighted by atomic mass is 9.99. The fraction of sp³-hybridized carbons (Fsp3) is 0.333. The lowest BCUT2D eigenvalue weighted by molar-refractivity contribution is -0.113. The highest BCUT2D eigenvalue weighted by Crippen LogP contribution is 2.27. The first-order valence-electron chi connectivity index (χ1n) is 9.47. The maximum Gasteiger partial charge on any atom is 0.234 e. The number of methoxy groups -OCH3 is 1. The molecule has 0 unspecified atom stereocenters. The number of aryl methyl sites for hydroxylation is 1. The SMILES string of the molecule is CC[C@H](C)c1ccc(NC(=O)CSc2nnnn2-c2cc(C)ccc2OC)cc1. The van der Waals surface area contributed by atoms with Crippen LogP contribution in [0.5, 0.6) is 5.75 Å². The van der Waals surface area contributed by atoms with Crippen molar-refractivity contribution in [2.75, 3.05) is 18.2 Å². The van der Waals surface area contributed by atoms with Crippen LogP contribution in [0.1, 0.15) is 37.3 Å². The average molecular weight is 412 g/mol. The Kier molecular flexibility index (Phi) is 6.87. The number of ether oxygens (including phenoxy) is 1. The zero-order valence-corrected chi connectivity index (χ0v) is 17.9. The summed E-state index contributed by atoms with van der Waals surface area (Å²) in [6.07, 6.45) is 1.09. The monoisotopic (exact) mass is 411 g/mol. The van der Waals surface area contributed by atoms with Crippen LogP contribution in [0.4, 0.5) is 5.69 Å². The second-order valence-electron chi connectivity index (χ2n) is 6.82. The van der Waals surface area contributed by atoms with Crippen molar-refractivity contribution >= 4 is 23.4 Å². The molecule has 152 valence electrons. The van der Waals surface area contributed by atoms with Crippen LogP contribution in [-0.2, 0) is 4.79 Å². The summed E-state index contributed by atoms with van der Waals surface area (Å²) in [6, 6.07) is 13.8. The largest absolute Gasteiger partial charge is 0.494 e. The Balaban J connectivity index is 1.65. The normalized spacial score (nSPS) is 11.9. The van der Waals surface area contributed by atoms with Crippen LogP contribution in [0.3, 0.4) is 0 Å². The topological polar surface area (TPSA) is 81.9 Å². The molecule has 1 aromatic heterocycles. The van der Waals surface area contributed by atoms with E-state index in [1.807, 2.05) is 37.3 Å². The molecule has 0 saturated carbocycles. The molecule has 0 aliphatic carbocycles. The molecule has 2 aromatic carbocycles. The number of thioether (sulfide) groups is 1. The van der Waals surface area contributed by atoms with E-state index in [1.54, 1.807) is 11.8 Å². The van der Waals surface area contributed by atoms with E-state index in [0.29, 0.717) is 16.8 Å².